The lowest BCUT2D eigenvalue weighted by Crippen LogP contribution is -2.51. The molecule has 18 heavy (non-hydrogen) atoms. The van der Waals surface area contributed by atoms with Crippen molar-refractivity contribution in [3.05, 3.63) is 24.0 Å². The lowest BCUT2D eigenvalue weighted by atomic mass is 10.1. The lowest BCUT2D eigenvalue weighted by Gasteiger charge is -2.37. The number of halogens is 1. The van der Waals surface area contributed by atoms with Crippen molar-refractivity contribution in [1.29, 1.82) is 0 Å². The minimum Gasteiger partial charge on any atom is -0.478 e. The van der Waals surface area contributed by atoms with Gasteiger partial charge >= 0.3 is 0 Å². The van der Waals surface area contributed by atoms with Crippen LogP contribution in [0.15, 0.2) is 18.2 Å². The minimum atomic E-state index is -0.517. The summed E-state index contributed by atoms with van der Waals surface area (Å²) < 4.78 is 18.9. The average molecular weight is 252 g/mol. The van der Waals surface area contributed by atoms with Crippen molar-refractivity contribution in [3.8, 4) is 5.75 Å². The van der Waals surface area contributed by atoms with E-state index in [0.717, 1.165) is 0 Å². The van der Waals surface area contributed by atoms with E-state index < -0.39 is 11.9 Å². The zero-order valence-electron chi connectivity index (χ0n) is 10.5. The molecule has 2 atom stereocenters. The summed E-state index contributed by atoms with van der Waals surface area (Å²) in [5.41, 5.74) is 6.08. The third-order valence-corrected chi connectivity index (χ3v) is 3.12. The maximum atomic E-state index is 13.3. The van der Waals surface area contributed by atoms with Crippen LogP contribution in [0.4, 0.5) is 10.1 Å². The fraction of sp³-hybridized carbons (Fsp3) is 0.462. The van der Waals surface area contributed by atoms with E-state index in [1.807, 2.05) is 13.8 Å². The van der Waals surface area contributed by atoms with E-state index in [1.54, 1.807) is 6.07 Å². The third-order valence-electron chi connectivity index (χ3n) is 3.12. The first kappa shape index (κ1) is 12.8. The largest absolute Gasteiger partial charge is 0.478 e. The van der Waals surface area contributed by atoms with Crippen LogP contribution in [0.25, 0.3) is 0 Å². The zero-order valence-corrected chi connectivity index (χ0v) is 10.5. The van der Waals surface area contributed by atoms with Gasteiger partial charge in [0.2, 0.25) is 0 Å². The Balaban J connectivity index is 2.49. The highest BCUT2D eigenvalue weighted by Crippen LogP contribution is 2.36. The number of rotatable bonds is 3. The Bertz CT molecular complexity index is 464. The highest BCUT2D eigenvalue weighted by Gasteiger charge is 2.35. The van der Waals surface area contributed by atoms with Gasteiger partial charge in [-0.2, -0.15) is 0 Å². The van der Waals surface area contributed by atoms with Crippen LogP contribution < -0.4 is 15.4 Å². The molecule has 0 saturated heterocycles. The molecule has 0 aliphatic carbocycles. The Morgan fingerprint density at radius 2 is 2.28 bits per heavy atom. The van der Waals surface area contributed by atoms with E-state index in [9.17, 15) is 9.18 Å². The molecule has 98 valence electrons. The molecule has 2 rings (SSSR count). The van der Waals surface area contributed by atoms with Crippen molar-refractivity contribution < 1.29 is 13.9 Å². The normalized spacial score (nSPS) is 20.3. The van der Waals surface area contributed by atoms with Crippen LogP contribution in [0.5, 0.6) is 5.75 Å². The number of nitrogens with zero attached hydrogens (tertiary/aromatic N) is 1. The summed E-state index contributed by atoms with van der Waals surface area (Å²) in [6, 6.07) is 4.00. The van der Waals surface area contributed by atoms with Gasteiger partial charge in [0, 0.05) is 18.7 Å². The molecular weight excluding hydrogens is 235 g/mol. The number of anilines is 1. The van der Waals surface area contributed by atoms with Crippen molar-refractivity contribution in [1.82, 2.24) is 0 Å². The molecule has 0 spiro atoms. The second kappa shape index (κ2) is 4.94. The lowest BCUT2D eigenvalue weighted by molar-refractivity contribution is -0.126. The zero-order chi connectivity index (χ0) is 13.3. The Kier molecular flexibility index (Phi) is 3.52. The first-order valence-electron chi connectivity index (χ1n) is 6.07. The van der Waals surface area contributed by atoms with E-state index in [1.165, 1.54) is 17.0 Å². The summed E-state index contributed by atoms with van der Waals surface area (Å²) in [5.74, 6) is -0.0222. The van der Waals surface area contributed by atoms with Crippen molar-refractivity contribution in [2.75, 3.05) is 11.4 Å². The molecule has 0 aromatic heterocycles. The van der Waals surface area contributed by atoms with E-state index in [4.69, 9.17) is 10.5 Å². The minimum absolute atomic E-state index is 0.159. The van der Waals surface area contributed by atoms with E-state index in [2.05, 4.69) is 0 Å². The van der Waals surface area contributed by atoms with Gasteiger partial charge in [0.1, 0.15) is 11.6 Å². The number of carbonyl (C=O) groups excluding carboxylic acids is 1. The predicted molar refractivity (Wildman–Crippen MR) is 67.1 cm³/mol. The second-order valence-corrected chi connectivity index (χ2v) is 4.42. The number of nitrogens with two attached hydrogens (primary N) is 1. The quantitative estimate of drug-likeness (QED) is 0.890. The molecule has 1 aromatic carbocycles. The Hall–Kier alpha value is -1.62. The Labute approximate surface area is 106 Å². The highest BCUT2D eigenvalue weighted by atomic mass is 19.1. The van der Waals surface area contributed by atoms with E-state index >= 15 is 0 Å². The average Bonchev–Trinajstić information content (AvgIpc) is 2.37. The molecule has 1 aliphatic rings. The number of benzene rings is 1. The molecule has 2 unspecified atom stereocenters. The number of fused-ring (bicyclic) bond motifs is 1. The van der Waals surface area contributed by atoms with Gasteiger partial charge in [0.25, 0.3) is 5.91 Å². The van der Waals surface area contributed by atoms with Gasteiger partial charge in [-0.05, 0) is 25.5 Å². The maximum absolute atomic E-state index is 13.3. The van der Waals surface area contributed by atoms with Gasteiger partial charge in [-0.25, -0.2) is 4.39 Å². The summed E-state index contributed by atoms with van der Waals surface area (Å²) in [6.45, 7) is 4.03. The Morgan fingerprint density at radius 3 is 2.89 bits per heavy atom. The SMILES string of the molecule is CCC1Oc2ccc(F)cc2N(C(C)CN)C1=O. The smallest absolute Gasteiger partial charge is 0.268 e. The van der Waals surface area contributed by atoms with Gasteiger partial charge in [0.15, 0.2) is 6.10 Å². The van der Waals surface area contributed by atoms with Crippen LogP contribution in [-0.4, -0.2) is 24.6 Å². The van der Waals surface area contributed by atoms with Crippen LogP contribution in [0.2, 0.25) is 0 Å². The maximum Gasteiger partial charge on any atom is 0.268 e. The van der Waals surface area contributed by atoms with Crippen molar-refractivity contribution in [2.45, 2.75) is 32.4 Å². The molecule has 0 saturated carbocycles. The number of amides is 1. The summed E-state index contributed by atoms with van der Waals surface area (Å²) in [4.78, 5) is 13.8. The Morgan fingerprint density at radius 1 is 1.56 bits per heavy atom. The first-order valence-corrected chi connectivity index (χ1v) is 6.07. The molecule has 0 fully saturated rings. The fourth-order valence-corrected chi connectivity index (χ4v) is 2.07. The second-order valence-electron chi connectivity index (χ2n) is 4.42. The van der Waals surface area contributed by atoms with Gasteiger partial charge in [-0.3, -0.25) is 4.79 Å². The topological polar surface area (TPSA) is 55.6 Å². The van der Waals surface area contributed by atoms with Gasteiger partial charge in [-0.1, -0.05) is 6.92 Å². The summed E-state index contributed by atoms with van der Waals surface area (Å²) >= 11 is 0. The van der Waals surface area contributed by atoms with Crippen LogP contribution >= 0.6 is 0 Å². The van der Waals surface area contributed by atoms with Crippen LogP contribution in [0.3, 0.4) is 0 Å². The first-order chi connectivity index (χ1) is 8.58. The van der Waals surface area contributed by atoms with Gasteiger partial charge in [-0.15, -0.1) is 0 Å². The van der Waals surface area contributed by atoms with Gasteiger partial charge in [0.05, 0.1) is 5.69 Å². The van der Waals surface area contributed by atoms with E-state index in [0.29, 0.717) is 24.4 Å². The molecule has 4 nitrogen and oxygen atoms in total. The van der Waals surface area contributed by atoms with Gasteiger partial charge < -0.3 is 15.4 Å². The molecule has 1 aromatic rings. The van der Waals surface area contributed by atoms with Crippen molar-refractivity contribution >= 4 is 11.6 Å². The van der Waals surface area contributed by atoms with Crippen LogP contribution in [-0.2, 0) is 4.79 Å². The third kappa shape index (κ3) is 2.06. The molecular formula is C13H17FN2O2. The summed E-state index contributed by atoms with van der Waals surface area (Å²) in [7, 11) is 0. The number of ether oxygens (including phenoxy) is 1. The summed E-state index contributed by atoms with van der Waals surface area (Å²) in [5, 5.41) is 0. The molecule has 2 N–H and O–H groups in total. The highest BCUT2D eigenvalue weighted by molar-refractivity contribution is 6.00. The molecule has 1 aliphatic heterocycles. The molecule has 1 amide bonds. The van der Waals surface area contributed by atoms with Crippen LogP contribution in [0.1, 0.15) is 20.3 Å². The monoisotopic (exact) mass is 252 g/mol. The number of hydrogen-bond donors (Lipinski definition) is 1. The van der Waals surface area contributed by atoms with Crippen LogP contribution in [0, 0.1) is 5.82 Å². The summed E-state index contributed by atoms with van der Waals surface area (Å²) in [6.07, 6.45) is 0.0562. The predicted octanol–water partition coefficient (Wildman–Crippen LogP) is 1.68. The van der Waals surface area contributed by atoms with Crippen molar-refractivity contribution in [2.24, 2.45) is 5.73 Å². The molecule has 0 radical (unpaired) electrons. The van der Waals surface area contributed by atoms with E-state index in [-0.39, 0.29) is 11.9 Å². The fourth-order valence-electron chi connectivity index (χ4n) is 2.07. The molecule has 5 heteroatoms. The number of hydrogen-bond acceptors (Lipinski definition) is 3. The standard InChI is InChI=1S/C13H17FN2O2/c1-3-11-13(17)16(8(2)7-15)10-6-9(14)4-5-12(10)18-11/h4-6,8,11H,3,7,15H2,1-2H3. The molecule has 1 heterocycles. The van der Waals surface area contributed by atoms with Crippen molar-refractivity contribution in [3.63, 3.8) is 0 Å². The number of carbonyl (C=O) groups is 1. The molecule has 0 bridgehead atoms.